The van der Waals surface area contributed by atoms with Crippen LogP contribution in [-0.2, 0) is 25.6 Å². The molecular formula is C22H31NO6. The molecule has 1 aromatic carbocycles. The number of amides is 1. The molecule has 0 saturated carbocycles. The minimum Gasteiger partial charge on any atom is -0.479 e. The van der Waals surface area contributed by atoms with Crippen LogP contribution in [0.3, 0.4) is 0 Å². The highest BCUT2D eigenvalue weighted by atomic mass is 16.6. The number of carboxylic acid groups (broad SMARTS) is 1. The fraction of sp³-hybridized carbons (Fsp3) is 0.545. The number of carboxylic acids is 1. The van der Waals surface area contributed by atoms with E-state index in [-0.39, 0.29) is 6.61 Å². The molecule has 160 valence electrons. The van der Waals surface area contributed by atoms with Crippen molar-refractivity contribution >= 4 is 12.1 Å². The number of benzene rings is 1. The Morgan fingerprint density at radius 3 is 2.45 bits per heavy atom. The number of rotatable bonds is 7. The van der Waals surface area contributed by atoms with Crippen molar-refractivity contribution in [1.29, 1.82) is 0 Å². The van der Waals surface area contributed by atoms with Crippen LogP contribution in [-0.4, -0.2) is 51.6 Å². The molecule has 0 bridgehead atoms. The van der Waals surface area contributed by atoms with Crippen LogP contribution in [0.2, 0.25) is 0 Å². The maximum absolute atomic E-state index is 12.9. The van der Waals surface area contributed by atoms with E-state index in [4.69, 9.17) is 14.2 Å². The highest BCUT2D eigenvalue weighted by molar-refractivity contribution is 5.74. The molecule has 1 aliphatic rings. The summed E-state index contributed by atoms with van der Waals surface area (Å²) < 4.78 is 17.3. The molecule has 29 heavy (non-hydrogen) atoms. The van der Waals surface area contributed by atoms with E-state index in [1.54, 1.807) is 40.7 Å². The fourth-order valence-electron chi connectivity index (χ4n) is 3.42. The van der Waals surface area contributed by atoms with Crippen LogP contribution in [0.25, 0.3) is 0 Å². The van der Waals surface area contributed by atoms with Crippen LogP contribution in [0.5, 0.6) is 0 Å². The highest BCUT2D eigenvalue weighted by Gasteiger charge is 2.54. The zero-order valence-corrected chi connectivity index (χ0v) is 17.8. The number of ether oxygens (including phenoxy) is 3. The van der Waals surface area contributed by atoms with E-state index in [0.29, 0.717) is 6.42 Å². The van der Waals surface area contributed by atoms with Gasteiger partial charge in [0.25, 0.3) is 0 Å². The third-order valence-corrected chi connectivity index (χ3v) is 4.53. The molecule has 7 heteroatoms. The predicted octanol–water partition coefficient (Wildman–Crippen LogP) is 3.97. The summed E-state index contributed by atoms with van der Waals surface area (Å²) in [6.07, 6.45) is -0.727. The number of carbonyl (C=O) groups is 2. The lowest BCUT2D eigenvalue weighted by Gasteiger charge is -2.35. The zero-order chi connectivity index (χ0) is 21.8. The van der Waals surface area contributed by atoms with Crippen molar-refractivity contribution in [1.82, 2.24) is 4.90 Å². The molecule has 0 spiro atoms. The first-order chi connectivity index (χ1) is 13.5. The van der Waals surface area contributed by atoms with Crippen LogP contribution in [0, 0.1) is 0 Å². The van der Waals surface area contributed by atoms with Crippen molar-refractivity contribution in [2.45, 2.75) is 77.2 Å². The summed E-state index contributed by atoms with van der Waals surface area (Å²) >= 11 is 0. The van der Waals surface area contributed by atoms with E-state index in [0.717, 1.165) is 5.56 Å². The van der Waals surface area contributed by atoms with E-state index < -0.39 is 41.6 Å². The second-order valence-electron chi connectivity index (χ2n) is 8.53. The highest BCUT2D eigenvalue weighted by Crippen LogP contribution is 2.37. The molecule has 3 atom stereocenters. The molecule has 1 amide bonds. The first-order valence-electron chi connectivity index (χ1n) is 9.65. The minimum atomic E-state index is -1.26. The maximum Gasteiger partial charge on any atom is 0.412 e. The fourth-order valence-corrected chi connectivity index (χ4v) is 3.42. The van der Waals surface area contributed by atoms with Crippen molar-refractivity contribution in [3.8, 4) is 0 Å². The second-order valence-corrected chi connectivity index (χ2v) is 8.53. The van der Waals surface area contributed by atoms with Crippen LogP contribution < -0.4 is 0 Å². The van der Waals surface area contributed by atoms with Gasteiger partial charge in [0, 0.05) is 0 Å². The Hall–Kier alpha value is -2.38. The lowest BCUT2D eigenvalue weighted by Crippen LogP contribution is -2.51. The molecule has 0 aliphatic carbocycles. The molecule has 1 N–H and O–H groups in total. The number of hydrogen-bond donors (Lipinski definition) is 1. The summed E-state index contributed by atoms with van der Waals surface area (Å²) in [4.78, 5) is 26.3. The summed E-state index contributed by atoms with van der Waals surface area (Å²) in [5.41, 5.74) is -0.912. The van der Waals surface area contributed by atoms with Crippen LogP contribution in [0.4, 0.5) is 4.79 Å². The van der Waals surface area contributed by atoms with Gasteiger partial charge < -0.3 is 19.3 Å². The molecule has 0 unspecified atom stereocenters. The molecule has 7 nitrogen and oxygen atoms in total. The van der Waals surface area contributed by atoms with Gasteiger partial charge in [-0.1, -0.05) is 36.4 Å². The maximum atomic E-state index is 12.9. The van der Waals surface area contributed by atoms with Gasteiger partial charge in [-0.2, -0.15) is 0 Å². The van der Waals surface area contributed by atoms with Crippen molar-refractivity contribution in [3.05, 3.63) is 48.6 Å². The summed E-state index contributed by atoms with van der Waals surface area (Å²) in [6.45, 7) is 12.6. The van der Waals surface area contributed by atoms with Gasteiger partial charge in [0.05, 0.1) is 12.6 Å². The van der Waals surface area contributed by atoms with Crippen LogP contribution in [0.15, 0.2) is 43.0 Å². The average molecular weight is 405 g/mol. The number of nitrogens with zero attached hydrogens (tertiary/aromatic N) is 1. The molecule has 1 aromatic rings. The van der Waals surface area contributed by atoms with Gasteiger partial charge in [0.1, 0.15) is 17.4 Å². The van der Waals surface area contributed by atoms with Gasteiger partial charge in [-0.05, 0) is 46.6 Å². The molecular weight excluding hydrogens is 374 g/mol. The standard InChI is InChI=1S/C22H31NO6/c1-7-11-16-17(18(19(24)25)27-14-15-12-9-8-10-13-15)28-22(5,6)23(16)20(26)29-21(2,3)4/h7-10,12-13,16-18H,1,11,14H2,2-6H3,(H,24,25)/t16-,17-,18-/m0/s1. The Bertz CT molecular complexity index is 725. The summed E-state index contributed by atoms with van der Waals surface area (Å²) in [7, 11) is 0. The summed E-state index contributed by atoms with van der Waals surface area (Å²) in [5.74, 6) is -1.15. The third-order valence-electron chi connectivity index (χ3n) is 4.53. The Morgan fingerprint density at radius 2 is 1.93 bits per heavy atom. The largest absolute Gasteiger partial charge is 0.479 e. The van der Waals surface area contributed by atoms with Gasteiger partial charge in [-0.15, -0.1) is 6.58 Å². The lowest BCUT2D eigenvalue weighted by atomic mass is 10.0. The Kier molecular flexibility index (Phi) is 7.08. The van der Waals surface area contributed by atoms with Crippen molar-refractivity contribution in [2.75, 3.05) is 0 Å². The van der Waals surface area contributed by atoms with Gasteiger partial charge in [0.2, 0.25) is 0 Å². The molecule has 1 fully saturated rings. The molecule has 2 rings (SSSR count). The quantitative estimate of drug-likeness (QED) is 0.691. The smallest absolute Gasteiger partial charge is 0.412 e. The van der Waals surface area contributed by atoms with Crippen molar-refractivity contribution in [2.24, 2.45) is 0 Å². The SMILES string of the molecule is C=CC[C@H]1[C@@H]([C@H](OCc2ccccc2)C(=O)O)OC(C)(C)N1C(=O)OC(C)(C)C. The lowest BCUT2D eigenvalue weighted by molar-refractivity contribution is -0.168. The molecule has 0 radical (unpaired) electrons. The van der Waals surface area contributed by atoms with Gasteiger partial charge in [0.15, 0.2) is 6.10 Å². The molecule has 1 aliphatic heterocycles. The predicted molar refractivity (Wildman–Crippen MR) is 108 cm³/mol. The first kappa shape index (κ1) is 22.9. The minimum absolute atomic E-state index is 0.116. The topological polar surface area (TPSA) is 85.3 Å². The normalized spacial score (nSPS) is 22.2. The summed E-state index contributed by atoms with van der Waals surface area (Å²) in [5, 5.41) is 9.81. The third kappa shape index (κ3) is 5.81. The van der Waals surface area contributed by atoms with E-state index in [9.17, 15) is 14.7 Å². The number of carbonyl (C=O) groups excluding carboxylic acids is 1. The molecule has 1 saturated heterocycles. The summed E-state index contributed by atoms with van der Waals surface area (Å²) in [6, 6.07) is 8.70. The van der Waals surface area contributed by atoms with Gasteiger partial charge >= 0.3 is 12.1 Å². The van der Waals surface area contributed by atoms with E-state index >= 15 is 0 Å². The van der Waals surface area contributed by atoms with Crippen molar-refractivity contribution < 1.29 is 28.9 Å². The van der Waals surface area contributed by atoms with Gasteiger partial charge in [-0.3, -0.25) is 4.90 Å². The first-order valence-corrected chi connectivity index (χ1v) is 9.65. The van der Waals surface area contributed by atoms with E-state index in [2.05, 4.69) is 6.58 Å². The zero-order valence-electron chi connectivity index (χ0n) is 17.8. The van der Waals surface area contributed by atoms with Crippen LogP contribution >= 0.6 is 0 Å². The second kappa shape index (κ2) is 8.97. The van der Waals surface area contributed by atoms with E-state index in [1.165, 1.54) is 4.90 Å². The van der Waals surface area contributed by atoms with Gasteiger partial charge in [-0.25, -0.2) is 9.59 Å². The number of hydrogen-bond acceptors (Lipinski definition) is 5. The van der Waals surface area contributed by atoms with E-state index in [1.807, 2.05) is 30.3 Å². The molecule has 0 aromatic heterocycles. The van der Waals surface area contributed by atoms with Crippen molar-refractivity contribution in [3.63, 3.8) is 0 Å². The average Bonchev–Trinajstić information content (AvgIpc) is 2.85. The molecule has 1 heterocycles. The van der Waals surface area contributed by atoms with Crippen LogP contribution in [0.1, 0.15) is 46.6 Å². The monoisotopic (exact) mass is 405 g/mol. The Balaban J connectivity index is 2.28. The Morgan fingerprint density at radius 1 is 1.31 bits per heavy atom. The number of aliphatic carboxylic acids is 1. The Labute approximate surface area is 172 Å².